The van der Waals surface area contributed by atoms with E-state index in [4.69, 9.17) is 14.2 Å². The fraction of sp³-hybridized carbons (Fsp3) is 0.500. The molecule has 0 spiro atoms. The summed E-state index contributed by atoms with van der Waals surface area (Å²) in [5.41, 5.74) is -0.113. The SMILES string of the molecule is C=CCCCCCCCC(C)[C@H]1O[C@H](CO)[C@@H](Oc2ccc([N+](=O)[O-])cc2)[C@@H]1Oc1ccc([N+](=O)[O-])cc1. The third-order valence-electron chi connectivity index (χ3n) is 6.79. The third kappa shape index (κ3) is 8.00. The van der Waals surface area contributed by atoms with Crippen LogP contribution in [0.5, 0.6) is 11.5 Å². The number of hydrogen-bond acceptors (Lipinski definition) is 8. The molecule has 2 aromatic rings. The molecular weight excluding hydrogens is 492 g/mol. The van der Waals surface area contributed by atoms with Crippen molar-refractivity contribution in [3.8, 4) is 11.5 Å². The molecule has 0 radical (unpaired) electrons. The van der Waals surface area contributed by atoms with Crippen LogP contribution < -0.4 is 9.47 Å². The quantitative estimate of drug-likeness (QED) is 0.121. The minimum atomic E-state index is -0.706. The first-order valence-electron chi connectivity index (χ1n) is 13.0. The average molecular weight is 529 g/mol. The lowest BCUT2D eigenvalue weighted by molar-refractivity contribution is -0.385. The van der Waals surface area contributed by atoms with E-state index in [2.05, 4.69) is 13.5 Å². The maximum absolute atomic E-state index is 11.1. The number of nitro groups is 2. The standard InChI is InChI=1S/C28H36N2O8/c1-3-4-5-6-7-8-9-10-20(2)26-28(37-24-17-13-22(14-18-24)30(34)35)27(25(19-31)38-26)36-23-15-11-21(12-16-23)29(32)33/h3,11-18,20,25-28,31H,1,4-10,19H2,2H3/t20?,25-,26-,27-,28-/m1/s1. The number of benzene rings is 2. The Morgan fingerprint density at radius 2 is 1.39 bits per heavy atom. The largest absolute Gasteiger partial charge is 0.484 e. The highest BCUT2D eigenvalue weighted by atomic mass is 16.6. The number of hydrogen-bond donors (Lipinski definition) is 1. The lowest BCUT2D eigenvalue weighted by Gasteiger charge is -2.28. The highest BCUT2D eigenvalue weighted by molar-refractivity contribution is 5.37. The van der Waals surface area contributed by atoms with Crippen LogP contribution in [0, 0.1) is 26.1 Å². The van der Waals surface area contributed by atoms with Gasteiger partial charge in [-0.05, 0) is 49.4 Å². The number of allylic oxidation sites excluding steroid dienone is 1. The minimum Gasteiger partial charge on any atom is -0.484 e. The van der Waals surface area contributed by atoms with Crippen LogP contribution in [0.3, 0.4) is 0 Å². The summed E-state index contributed by atoms with van der Waals surface area (Å²) in [6, 6.07) is 11.5. The van der Waals surface area contributed by atoms with Crippen molar-refractivity contribution in [2.75, 3.05) is 6.61 Å². The Morgan fingerprint density at radius 3 is 1.89 bits per heavy atom. The zero-order chi connectivity index (χ0) is 27.5. The maximum atomic E-state index is 11.1. The molecule has 1 N–H and O–H groups in total. The molecule has 10 nitrogen and oxygen atoms in total. The van der Waals surface area contributed by atoms with Gasteiger partial charge in [-0.3, -0.25) is 20.2 Å². The second-order valence-corrected chi connectivity index (χ2v) is 9.60. The molecule has 1 aliphatic heterocycles. The highest BCUT2D eigenvalue weighted by Crippen LogP contribution is 2.35. The van der Waals surface area contributed by atoms with Crippen molar-refractivity contribution in [1.82, 2.24) is 0 Å². The summed E-state index contributed by atoms with van der Waals surface area (Å²) in [6.45, 7) is 5.54. The van der Waals surface area contributed by atoms with Gasteiger partial charge in [0.05, 0.1) is 16.5 Å². The predicted octanol–water partition coefficient (Wildman–Crippen LogP) is 6.01. The lowest BCUT2D eigenvalue weighted by atomic mass is 9.92. The molecule has 0 amide bonds. The van der Waals surface area contributed by atoms with Crippen LogP contribution in [0.2, 0.25) is 0 Å². The van der Waals surface area contributed by atoms with E-state index in [1.54, 1.807) is 0 Å². The molecule has 38 heavy (non-hydrogen) atoms. The number of non-ortho nitro benzene ring substituents is 2. The Kier molecular flexibility index (Phi) is 11.0. The fourth-order valence-electron chi connectivity index (χ4n) is 4.69. The zero-order valence-electron chi connectivity index (χ0n) is 21.6. The van der Waals surface area contributed by atoms with Gasteiger partial charge in [-0.2, -0.15) is 0 Å². The number of aliphatic hydroxyl groups is 1. The van der Waals surface area contributed by atoms with Gasteiger partial charge in [-0.15, -0.1) is 6.58 Å². The second-order valence-electron chi connectivity index (χ2n) is 9.60. The normalized spacial score (nSPS) is 21.5. The molecule has 1 aliphatic rings. The van der Waals surface area contributed by atoms with Crippen LogP contribution in [-0.2, 0) is 4.74 Å². The minimum absolute atomic E-state index is 0.0510. The second kappa shape index (κ2) is 14.4. The first-order chi connectivity index (χ1) is 18.3. The third-order valence-corrected chi connectivity index (χ3v) is 6.79. The molecule has 1 heterocycles. The number of aliphatic hydroxyl groups excluding tert-OH is 1. The van der Waals surface area contributed by atoms with Crippen molar-refractivity contribution in [3.63, 3.8) is 0 Å². The average Bonchev–Trinajstić information content (AvgIpc) is 3.25. The predicted molar refractivity (Wildman–Crippen MR) is 142 cm³/mol. The van der Waals surface area contributed by atoms with Gasteiger partial charge in [0, 0.05) is 24.3 Å². The van der Waals surface area contributed by atoms with E-state index in [0.29, 0.717) is 11.5 Å². The van der Waals surface area contributed by atoms with Gasteiger partial charge in [-0.25, -0.2) is 0 Å². The molecule has 1 unspecified atom stereocenters. The van der Waals surface area contributed by atoms with Gasteiger partial charge in [0.25, 0.3) is 11.4 Å². The Morgan fingerprint density at radius 1 is 0.895 bits per heavy atom. The van der Waals surface area contributed by atoms with Crippen LogP contribution in [0.1, 0.15) is 51.9 Å². The Labute approximate surface area is 222 Å². The summed E-state index contributed by atoms with van der Waals surface area (Å²) in [5.74, 6) is 0.887. The molecule has 10 heteroatoms. The van der Waals surface area contributed by atoms with Crippen molar-refractivity contribution >= 4 is 11.4 Å². The first kappa shape index (κ1) is 29.1. The van der Waals surface area contributed by atoms with Crippen LogP contribution in [0.25, 0.3) is 0 Å². The molecule has 0 aromatic heterocycles. The molecule has 1 fully saturated rings. The van der Waals surface area contributed by atoms with Crippen LogP contribution in [-0.4, -0.2) is 46.0 Å². The Bertz CT molecular complexity index is 1040. The van der Waals surface area contributed by atoms with Gasteiger partial charge in [0.15, 0.2) is 12.2 Å². The number of unbranched alkanes of at least 4 members (excludes halogenated alkanes) is 5. The number of nitrogens with zero attached hydrogens (tertiary/aromatic N) is 2. The van der Waals surface area contributed by atoms with E-state index in [9.17, 15) is 25.3 Å². The molecule has 1 saturated heterocycles. The fourth-order valence-corrected chi connectivity index (χ4v) is 4.69. The first-order valence-corrected chi connectivity index (χ1v) is 13.0. The van der Waals surface area contributed by atoms with E-state index in [-0.39, 0.29) is 23.9 Å². The molecule has 0 aliphatic carbocycles. The van der Waals surface area contributed by atoms with Gasteiger partial charge in [-0.1, -0.05) is 38.7 Å². The monoisotopic (exact) mass is 528 g/mol. The van der Waals surface area contributed by atoms with E-state index in [1.165, 1.54) is 55.0 Å². The van der Waals surface area contributed by atoms with Crippen molar-refractivity contribution in [2.45, 2.75) is 76.3 Å². The Hall–Kier alpha value is -3.50. The molecule has 3 rings (SSSR count). The zero-order valence-corrected chi connectivity index (χ0v) is 21.6. The summed E-state index contributed by atoms with van der Waals surface area (Å²) >= 11 is 0. The van der Waals surface area contributed by atoms with Crippen molar-refractivity contribution in [2.24, 2.45) is 5.92 Å². The molecular formula is C28H36N2O8. The number of nitro benzene ring substituents is 2. The molecule has 2 aromatic carbocycles. The Balaban J connectivity index is 1.75. The van der Waals surface area contributed by atoms with Crippen LogP contribution in [0.4, 0.5) is 11.4 Å². The molecule has 206 valence electrons. The van der Waals surface area contributed by atoms with Gasteiger partial charge in [0.1, 0.15) is 23.7 Å². The maximum Gasteiger partial charge on any atom is 0.269 e. The molecule has 0 bridgehead atoms. The van der Waals surface area contributed by atoms with Crippen LogP contribution >= 0.6 is 0 Å². The lowest BCUT2D eigenvalue weighted by Crippen LogP contribution is -2.44. The van der Waals surface area contributed by atoms with Crippen molar-refractivity contribution < 1.29 is 29.2 Å². The summed E-state index contributed by atoms with van der Waals surface area (Å²) < 4.78 is 18.7. The number of ether oxygens (including phenoxy) is 3. The smallest absolute Gasteiger partial charge is 0.269 e. The van der Waals surface area contributed by atoms with Gasteiger partial charge >= 0.3 is 0 Å². The number of rotatable bonds is 16. The van der Waals surface area contributed by atoms with E-state index in [0.717, 1.165) is 38.5 Å². The van der Waals surface area contributed by atoms with Crippen LogP contribution in [0.15, 0.2) is 61.2 Å². The van der Waals surface area contributed by atoms with Crippen molar-refractivity contribution in [3.05, 3.63) is 81.4 Å². The highest BCUT2D eigenvalue weighted by Gasteiger charge is 2.49. The van der Waals surface area contributed by atoms with Gasteiger partial charge < -0.3 is 19.3 Å². The van der Waals surface area contributed by atoms with E-state index >= 15 is 0 Å². The summed E-state index contributed by atoms with van der Waals surface area (Å²) in [7, 11) is 0. The van der Waals surface area contributed by atoms with Crippen molar-refractivity contribution in [1.29, 1.82) is 0 Å². The summed E-state index contributed by atoms with van der Waals surface area (Å²) in [5, 5.41) is 32.2. The molecule has 5 atom stereocenters. The molecule has 0 saturated carbocycles. The van der Waals surface area contributed by atoms with E-state index in [1.807, 2.05) is 6.08 Å². The van der Waals surface area contributed by atoms with Gasteiger partial charge in [0.2, 0.25) is 0 Å². The summed E-state index contributed by atoms with van der Waals surface area (Å²) in [4.78, 5) is 21.1. The topological polar surface area (TPSA) is 134 Å². The van der Waals surface area contributed by atoms with E-state index < -0.39 is 34.3 Å². The summed E-state index contributed by atoms with van der Waals surface area (Å²) in [6.07, 6.45) is 7.07.